The van der Waals surface area contributed by atoms with Gasteiger partial charge in [0.2, 0.25) is 5.91 Å². The summed E-state index contributed by atoms with van der Waals surface area (Å²) in [5.74, 6) is 0.553. The molecular formula is C19H18N2O5. The third-order valence-corrected chi connectivity index (χ3v) is 3.88. The monoisotopic (exact) mass is 354 g/mol. The van der Waals surface area contributed by atoms with Crippen molar-refractivity contribution in [3.05, 3.63) is 59.9 Å². The van der Waals surface area contributed by atoms with Gasteiger partial charge in [-0.3, -0.25) is 20.4 Å². The van der Waals surface area contributed by atoms with Crippen molar-refractivity contribution >= 4 is 22.8 Å². The first-order valence-electron chi connectivity index (χ1n) is 7.88. The summed E-state index contributed by atoms with van der Waals surface area (Å²) in [4.78, 5) is 24.1. The molecule has 0 saturated carbocycles. The minimum Gasteiger partial charge on any atom is -0.497 e. The Labute approximate surface area is 149 Å². The van der Waals surface area contributed by atoms with Gasteiger partial charge in [0.15, 0.2) is 0 Å². The van der Waals surface area contributed by atoms with Gasteiger partial charge in [0, 0.05) is 22.6 Å². The van der Waals surface area contributed by atoms with Crippen molar-refractivity contribution in [2.24, 2.45) is 0 Å². The van der Waals surface area contributed by atoms with E-state index in [2.05, 4.69) is 10.9 Å². The minimum atomic E-state index is -0.414. The second-order valence-corrected chi connectivity index (χ2v) is 5.53. The first-order chi connectivity index (χ1) is 12.6. The molecule has 7 nitrogen and oxygen atoms in total. The number of rotatable bonds is 5. The average Bonchev–Trinajstić information content (AvgIpc) is 3.08. The molecule has 0 aliphatic rings. The Hall–Kier alpha value is -3.48. The van der Waals surface area contributed by atoms with Crippen LogP contribution in [-0.4, -0.2) is 26.0 Å². The Bertz CT molecular complexity index is 931. The zero-order chi connectivity index (χ0) is 18.5. The van der Waals surface area contributed by atoms with Crippen molar-refractivity contribution in [2.45, 2.75) is 6.42 Å². The highest BCUT2D eigenvalue weighted by molar-refractivity contribution is 5.96. The van der Waals surface area contributed by atoms with Crippen molar-refractivity contribution < 1.29 is 23.5 Å². The summed E-state index contributed by atoms with van der Waals surface area (Å²) < 4.78 is 15.6. The van der Waals surface area contributed by atoms with Crippen LogP contribution in [0.4, 0.5) is 0 Å². The van der Waals surface area contributed by atoms with E-state index in [-0.39, 0.29) is 12.3 Å². The summed E-state index contributed by atoms with van der Waals surface area (Å²) in [6.45, 7) is 0. The molecule has 134 valence electrons. The number of carbonyl (C=O) groups is 2. The van der Waals surface area contributed by atoms with Gasteiger partial charge in [-0.1, -0.05) is 0 Å². The smallest absolute Gasteiger partial charge is 0.269 e. The van der Waals surface area contributed by atoms with E-state index in [4.69, 9.17) is 13.9 Å². The summed E-state index contributed by atoms with van der Waals surface area (Å²) in [5.41, 5.74) is 6.55. The standard InChI is InChI=1S/C19H18N2O5/c1-24-14-5-3-12(4-6-14)19(23)21-20-18(22)9-13-11-26-17-10-15(25-2)7-8-16(13)17/h3-8,10-11H,9H2,1-2H3,(H,20,22)(H,21,23). The lowest BCUT2D eigenvalue weighted by Crippen LogP contribution is -2.42. The normalized spacial score (nSPS) is 10.4. The van der Waals surface area contributed by atoms with Gasteiger partial charge in [-0.05, 0) is 36.4 Å². The molecule has 0 saturated heterocycles. The summed E-state index contributed by atoms with van der Waals surface area (Å²) in [7, 11) is 3.12. The molecule has 2 aromatic carbocycles. The molecule has 0 atom stereocenters. The van der Waals surface area contributed by atoms with Crippen molar-refractivity contribution in [3.63, 3.8) is 0 Å². The van der Waals surface area contributed by atoms with Crippen molar-refractivity contribution in [1.29, 1.82) is 0 Å². The van der Waals surface area contributed by atoms with Crippen LogP contribution in [0.5, 0.6) is 11.5 Å². The Morgan fingerprint density at radius 1 is 0.962 bits per heavy atom. The Morgan fingerprint density at radius 3 is 2.35 bits per heavy atom. The molecule has 26 heavy (non-hydrogen) atoms. The fraction of sp³-hybridized carbons (Fsp3) is 0.158. The van der Waals surface area contributed by atoms with Gasteiger partial charge >= 0.3 is 0 Å². The van der Waals surface area contributed by atoms with E-state index in [0.29, 0.717) is 22.6 Å². The van der Waals surface area contributed by atoms with Crippen LogP contribution < -0.4 is 20.3 Å². The molecule has 0 fully saturated rings. The number of hydrogen-bond donors (Lipinski definition) is 2. The molecule has 0 radical (unpaired) electrons. The maximum Gasteiger partial charge on any atom is 0.269 e. The zero-order valence-corrected chi connectivity index (χ0v) is 14.4. The van der Waals surface area contributed by atoms with Crippen LogP contribution in [-0.2, 0) is 11.2 Å². The van der Waals surface area contributed by atoms with Gasteiger partial charge in [0.25, 0.3) is 5.91 Å². The quantitative estimate of drug-likeness (QED) is 0.687. The molecule has 7 heteroatoms. The number of nitrogens with one attached hydrogen (secondary N) is 2. The predicted molar refractivity (Wildman–Crippen MR) is 95.1 cm³/mol. The lowest BCUT2D eigenvalue weighted by molar-refractivity contribution is -0.121. The van der Waals surface area contributed by atoms with Gasteiger partial charge < -0.3 is 13.9 Å². The van der Waals surface area contributed by atoms with Crippen molar-refractivity contribution in [2.75, 3.05) is 14.2 Å². The number of furan rings is 1. The topological polar surface area (TPSA) is 89.8 Å². The van der Waals surface area contributed by atoms with Gasteiger partial charge in [-0.2, -0.15) is 0 Å². The second-order valence-electron chi connectivity index (χ2n) is 5.53. The number of benzene rings is 2. The maximum atomic E-state index is 12.1. The summed E-state index contributed by atoms with van der Waals surface area (Å²) in [6, 6.07) is 11.9. The number of amides is 2. The van der Waals surface area contributed by atoms with E-state index >= 15 is 0 Å². The number of hydrazine groups is 1. The number of ether oxygens (including phenoxy) is 2. The van der Waals surface area contributed by atoms with Gasteiger partial charge in [-0.25, -0.2) is 0 Å². The molecule has 0 aliphatic heterocycles. The number of hydrogen-bond acceptors (Lipinski definition) is 5. The molecule has 3 rings (SSSR count). The van der Waals surface area contributed by atoms with Crippen molar-refractivity contribution in [3.8, 4) is 11.5 Å². The number of fused-ring (bicyclic) bond motifs is 1. The molecule has 0 spiro atoms. The third kappa shape index (κ3) is 3.77. The van der Waals surface area contributed by atoms with Crippen LogP contribution in [0.15, 0.2) is 53.1 Å². The van der Waals surface area contributed by atoms with E-state index < -0.39 is 5.91 Å². The SMILES string of the molecule is COc1ccc(C(=O)NNC(=O)Cc2coc3cc(OC)ccc23)cc1. The van der Waals surface area contributed by atoms with Crippen LogP contribution in [0, 0.1) is 0 Å². The lowest BCUT2D eigenvalue weighted by Gasteiger charge is -2.07. The van der Waals surface area contributed by atoms with Gasteiger partial charge in [-0.15, -0.1) is 0 Å². The molecule has 0 bridgehead atoms. The fourth-order valence-corrected chi connectivity index (χ4v) is 2.49. The number of carbonyl (C=O) groups excluding carboxylic acids is 2. The molecule has 2 N–H and O–H groups in total. The van der Waals surface area contributed by atoms with Crippen LogP contribution in [0.25, 0.3) is 11.0 Å². The maximum absolute atomic E-state index is 12.1. The Morgan fingerprint density at radius 2 is 1.65 bits per heavy atom. The van der Waals surface area contributed by atoms with E-state index in [0.717, 1.165) is 10.9 Å². The molecule has 0 aliphatic carbocycles. The zero-order valence-electron chi connectivity index (χ0n) is 14.4. The first-order valence-corrected chi connectivity index (χ1v) is 7.88. The summed E-state index contributed by atoms with van der Waals surface area (Å²) in [6.07, 6.45) is 1.59. The third-order valence-electron chi connectivity index (χ3n) is 3.88. The molecular weight excluding hydrogens is 336 g/mol. The van der Waals surface area contributed by atoms with E-state index in [9.17, 15) is 9.59 Å². The van der Waals surface area contributed by atoms with E-state index in [1.807, 2.05) is 6.07 Å². The van der Waals surface area contributed by atoms with Crippen LogP contribution in [0.3, 0.4) is 0 Å². The largest absolute Gasteiger partial charge is 0.497 e. The summed E-state index contributed by atoms with van der Waals surface area (Å²) >= 11 is 0. The van der Waals surface area contributed by atoms with Crippen molar-refractivity contribution in [1.82, 2.24) is 10.9 Å². The van der Waals surface area contributed by atoms with Crippen LogP contribution in [0.1, 0.15) is 15.9 Å². The second kappa shape index (κ2) is 7.60. The predicted octanol–water partition coefficient (Wildman–Crippen LogP) is 2.45. The Balaban J connectivity index is 1.59. The highest BCUT2D eigenvalue weighted by Crippen LogP contribution is 2.25. The Kier molecular flexibility index (Phi) is 5.07. The average molecular weight is 354 g/mol. The van der Waals surface area contributed by atoms with Gasteiger partial charge in [0.05, 0.1) is 26.9 Å². The highest BCUT2D eigenvalue weighted by atomic mass is 16.5. The van der Waals surface area contributed by atoms with Gasteiger partial charge in [0.1, 0.15) is 17.1 Å². The summed E-state index contributed by atoms with van der Waals surface area (Å²) in [5, 5.41) is 0.822. The van der Waals surface area contributed by atoms with E-state index in [1.54, 1.807) is 50.6 Å². The fourth-order valence-electron chi connectivity index (χ4n) is 2.49. The minimum absolute atomic E-state index is 0.0716. The molecule has 3 aromatic rings. The molecule has 1 heterocycles. The number of methoxy groups -OCH3 is 2. The molecule has 0 unspecified atom stereocenters. The molecule has 1 aromatic heterocycles. The van der Waals surface area contributed by atoms with Crippen LogP contribution >= 0.6 is 0 Å². The van der Waals surface area contributed by atoms with Crippen LogP contribution in [0.2, 0.25) is 0 Å². The lowest BCUT2D eigenvalue weighted by atomic mass is 10.1. The molecule has 2 amide bonds. The van der Waals surface area contributed by atoms with E-state index in [1.165, 1.54) is 6.26 Å². The first kappa shape index (κ1) is 17.3. The highest BCUT2D eigenvalue weighted by Gasteiger charge is 2.12.